The summed E-state index contributed by atoms with van der Waals surface area (Å²) in [5.41, 5.74) is 1.73. The van der Waals surface area contributed by atoms with Crippen LogP contribution in [0.15, 0.2) is 6.07 Å². The van der Waals surface area contributed by atoms with Crippen molar-refractivity contribution in [2.45, 2.75) is 32.2 Å². The number of hydrogen-bond acceptors (Lipinski definition) is 3. The number of aryl methyl sites for hydroxylation is 2. The smallest absolute Gasteiger partial charge is 0.272 e. The molecular formula is C13H22N4O. The Bertz CT molecular complexity index is 444. The maximum Gasteiger partial charge on any atom is 0.272 e. The van der Waals surface area contributed by atoms with E-state index in [0.717, 1.165) is 31.6 Å². The van der Waals surface area contributed by atoms with Crippen molar-refractivity contribution in [3.05, 3.63) is 17.5 Å². The Morgan fingerprint density at radius 2 is 2.06 bits per heavy atom. The first kappa shape index (κ1) is 13.1. The van der Waals surface area contributed by atoms with E-state index in [4.69, 9.17) is 0 Å². The van der Waals surface area contributed by atoms with E-state index in [2.05, 4.69) is 17.3 Å². The van der Waals surface area contributed by atoms with Gasteiger partial charge in [0, 0.05) is 25.7 Å². The SMILES string of the molecule is CNC1(C)CCN(C(=O)c2cc(C)nn2C)CC1. The predicted molar refractivity (Wildman–Crippen MR) is 70.5 cm³/mol. The van der Waals surface area contributed by atoms with Crippen molar-refractivity contribution in [1.29, 1.82) is 0 Å². The van der Waals surface area contributed by atoms with E-state index in [-0.39, 0.29) is 11.4 Å². The molecule has 18 heavy (non-hydrogen) atoms. The summed E-state index contributed by atoms with van der Waals surface area (Å²) in [6.45, 7) is 5.73. The van der Waals surface area contributed by atoms with Gasteiger partial charge < -0.3 is 10.2 Å². The van der Waals surface area contributed by atoms with Gasteiger partial charge in [0.1, 0.15) is 5.69 Å². The summed E-state index contributed by atoms with van der Waals surface area (Å²) >= 11 is 0. The molecule has 1 saturated heterocycles. The molecule has 0 saturated carbocycles. The minimum Gasteiger partial charge on any atom is -0.337 e. The highest BCUT2D eigenvalue weighted by Crippen LogP contribution is 2.22. The summed E-state index contributed by atoms with van der Waals surface area (Å²) in [6, 6.07) is 1.86. The van der Waals surface area contributed by atoms with Gasteiger partial charge in [-0.25, -0.2) is 0 Å². The fourth-order valence-electron chi connectivity index (χ4n) is 2.43. The van der Waals surface area contributed by atoms with E-state index in [1.807, 2.05) is 32.0 Å². The Kier molecular flexibility index (Phi) is 3.43. The minimum absolute atomic E-state index is 0.0938. The summed E-state index contributed by atoms with van der Waals surface area (Å²) in [5.74, 6) is 0.0938. The van der Waals surface area contributed by atoms with Crippen LogP contribution in [0.3, 0.4) is 0 Å². The van der Waals surface area contributed by atoms with Gasteiger partial charge in [-0.3, -0.25) is 9.48 Å². The van der Waals surface area contributed by atoms with Crippen LogP contribution in [-0.4, -0.2) is 46.3 Å². The molecule has 0 aromatic carbocycles. The zero-order valence-corrected chi connectivity index (χ0v) is 11.7. The molecule has 0 aliphatic carbocycles. The Morgan fingerprint density at radius 1 is 1.44 bits per heavy atom. The summed E-state index contributed by atoms with van der Waals surface area (Å²) in [4.78, 5) is 14.3. The van der Waals surface area contributed by atoms with Crippen LogP contribution in [0.1, 0.15) is 35.9 Å². The number of carbonyl (C=O) groups excluding carboxylic acids is 1. The number of rotatable bonds is 2. The molecule has 0 radical (unpaired) electrons. The molecule has 1 aromatic heterocycles. The lowest BCUT2D eigenvalue weighted by atomic mass is 9.90. The lowest BCUT2D eigenvalue weighted by Crippen LogP contribution is -2.51. The number of carbonyl (C=O) groups is 1. The Balaban J connectivity index is 2.06. The van der Waals surface area contributed by atoms with Crippen LogP contribution in [0.25, 0.3) is 0 Å². The number of piperidine rings is 1. The van der Waals surface area contributed by atoms with E-state index in [9.17, 15) is 4.79 Å². The molecule has 1 aliphatic rings. The average Bonchev–Trinajstić information content (AvgIpc) is 2.69. The largest absolute Gasteiger partial charge is 0.337 e. The molecule has 2 rings (SSSR count). The fourth-order valence-corrected chi connectivity index (χ4v) is 2.43. The van der Waals surface area contributed by atoms with Crippen molar-refractivity contribution in [1.82, 2.24) is 20.0 Å². The topological polar surface area (TPSA) is 50.2 Å². The first-order valence-electron chi connectivity index (χ1n) is 6.44. The van der Waals surface area contributed by atoms with E-state index >= 15 is 0 Å². The summed E-state index contributed by atoms with van der Waals surface area (Å²) < 4.78 is 1.67. The molecule has 5 nitrogen and oxygen atoms in total. The molecule has 0 atom stereocenters. The number of hydrogen-bond donors (Lipinski definition) is 1. The van der Waals surface area contributed by atoms with Crippen LogP contribution in [0, 0.1) is 6.92 Å². The number of likely N-dealkylation sites (tertiary alicyclic amines) is 1. The highest BCUT2D eigenvalue weighted by Gasteiger charge is 2.31. The third-order valence-corrected chi connectivity index (χ3v) is 3.98. The third-order valence-electron chi connectivity index (χ3n) is 3.98. The van der Waals surface area contributed by atoms with Gasteiger partial charge in [0.25, 0.3) is 5.91 Å². The van der Waals surface area contributed by atoms with Gasteiger partial charge >= 0.3 is 0 Å². The van der Waals surface area contributed by atoms with E-state index < -0.39 is 0 Å². The first-order valence-corrected chi connectivity index (χ1v) is 6.44. The third kappa shape index (κ3) is 2.41. The van der Waals surface area contributed by atoms with Crippen LogP contribution in [-0.2, 0) is 7.05 Å². The van der Waals surface area contributed by atoms with Crippen LogP contribution in [0.2, 0.25) is 0 Å². The van der Waals surface area contributed by atoms with Gasteiger partial charge in [0.2, 0.25) is 0 Å². The number of aromatic nitrogens is 2. The molecule has 0 unspecified atom stereocenters. The van der Waals surface area contributed by atoms with Gasteiger partial charge in [-0.15, -0.1) is 0 Å². The molecule has 1 aliphatic heterocycles. The van der Waals surface area contributed by atoms with Gasteiger partial charge in [-0.1, -0.05) is 0 Å². The Hall–Kier alpha value is -1.36. The van der Waals surface area contributed by atoms with Crippen LogP contribution < -0.4 is 5.32 Å². The van der Waals surface area contributed by atoms with Crippen LogP contribution in [0.4, 0.5) is 0 Å². The highest BCUT2D eigenvalue weighted by molar-refractivity contribution is 5.92. The number of nitrogens with zero attached hydrogens (tertiary/aromatic N) is 3. The fraction of sp³-hybridized carbons (Fsp3) is 0.692. The summed E-state index contributed by atoms with van der Waals surface area (Å²) in [7, 11) is 3.81. The maximum absolute atomic E-state index is 12.4. The standard InChI is InChI=1S/C13H22N4O/c1-10-9-11(16(4)15-10)12(18)17-7-5-13(2,14-3)6-8-17/h9,14H,5-8H2,1-4H3. The van der Waals surface area contributed by atoms with E-state index in [0.29, 0.717) is 5.69 Å². The van der Waals surface area contributed by atoms with Crippen molar-refractivity contribution >= 4 is 5.91 Å². The quantitative estimate of drug-likeness (QED) is 0.850. The molecule has 1 N–H and O–H groups in total. The number of nitrogens with one attached hydrogen (secondary N) is 1. The van der Waals surface area contributed by atoms with Crippen LogP contribution >= 0.6 is 0 Å². The molecule has 0 spiro atoms. The van der Waals surface area contributed by atoms with Crippen molar-refractivity contribution in [2.75, 3.05) is 20.1 Å². The van der Waals surface area contributed by atoms with Crippen molar-refractivity contribution in [3.8, 4) is 0 Å². The second-order valence-electron chi connectivity index (χ2n) is 5.40. The Morgan fingerprint density at radius 3 is 2.50 bits per heavy atom. The van der Waals surface area contributed by atoms with E-state index in [1.54, 1.807) is 4.68 Å². The van der Waals surface area contributed by atoms with Gasteiger partial charge in [0.15, 0.2) is 0 Å². The molecule has 1 fully saturated rings. The van der Waals surface area contributed by atoms with Crippen LogP contribution in [0.5, 0.6) is 0 Å². The maximum atomic E-state index is 12.4. The Labute approximate surface area is 108 Å². The lowest BCUT2D eigenvalue weighted by Gasteiger charge is -2.39. The average molecular weight is 250 g/mol. The number of amides is 1. The molecule has 100 valence electrons. The van der Waals surface area contributed by atoms with Crippen molar-refractivity contribution in [3.63, 3.8) is 0 Å². The second kappa shape index (κ2) is 4.72. The summed E-state index contributed by atoms with van der Waals surface area (Å²) in [6.07, 6.45) is 1.98. The molecule has 2 heterocycles. The molecule has 1 amide bonds. The normalized spacial score (nSPS) is 19.0. The predicted octanol–water partition coefficient (Wildman–Crippen LogP) is 0.943. The molecular weight excluding hydrogens is 228 g/mol. The van der Waals surface area contributed by atoms with Gasteiger partial charge in [-0.05, 0) is 39.8 Å². The van der Waals surface area contributed by atoms with Crippen molar-refractivity contribution in [2.24, 2.45) is 7.05 Å². The highest BCUT2D eigenvalue weighted by atomic mass is 16.2. The van der Waals surface area contributed by atoms with Gasteiger partial charge in [-0.2, -0.15) is 5.10 Å². The minimum atomic E-state index is 0.0938. The molecule has 5 heteroatoms. The monoisotopic (exact) mass is 250 g/mol. The lowest BCUT2D eigenvalue weighted by molar-refractivity contribution is 0.0651. The van der Waals surface area contributed by atoms with Crippen molar-refractivity contribution < 1.29 is 4.79 Å². The second-order valence-corrected chi connectivity index (χ2v) is 5.40. The zero-order chi connectivity index (χ0) is 13.3. The summed E-state index contributed by atoms with van der Waals surface area (Å²) in [5, 5.41) is 7.57. The zero-order valence-electron chi connectivity index (χ0n) is 11.7. The van der Waals surface area contributed by atoms with E-state index in [1.165, 1.54) is 0 Å². The first-order chi connectivity index (χ1) is 8.45. The van der Waals surface area contributed by atoms with Gasteiger partial charge in [0.05, 0.1) is 5.69 Å². The molecule has 0 bridgehead atoms. The molecule has 1 aromatic rings.